The number of amides is 3. The van der Waals surface area contributed by atoms with Gasteiger partial charge in [-0.3, -0.25) is 14.4 Å². The normalized spacial score (nSPS) is 11.8. The summed E-state index contributed by atoms with van der Waals surface area (Å²) >= 11 is 0. The first-order chi connectivity index (χ1) is 14.8. The summed E-state index contributed by atoms with van der Waals surface area (Å²) in [5.41, 5.74) is 1.82. The number of hydrogen-bond donors (Lipinski definition) is 2. The summed E-state index contributed by atoms with van der Waals surface area (Å²) in [5.74, 6) is -1.32. The van der Waals surface area contributed by atoms with Crippen LogP contribution < -0.4 is 10.6 Å². The summed E-state index contributed by atoms with van der Waals surface area (Å²) in [7, 11) is 1.49. The molecule has 0 bridgehead atoms. The van der Waals surface area contributed by atoms with Crippen LogP contribution in [0.3, 0.4) is 0 Å². The Morgan fingerprint density at radius 1 is 1.03 bits per heavy atom. The summed E-state index contributed by atoms with van der Waals surface area (Å²) in [6, 6.07) is 4.68. The molecule has 1 aromatic carbocycles. The Balaban J connectivity index is 2.96. The van der Waals surface area contributed by atoms with E-state index in [0.29, 0.717) is 5.56 Å². The summed E-state index contributed by atoms with van der Waals surface area (Å²) < 4.78 is 10.0. The van der Waals surface area contributed by atoms with Gasteiger partial charge in [-0.05, 0) is 47.1 Å². The molecule has 32 heavy (non-hydrogen) atoms. The number of nitrogens with one attached hydrogen (secondary N) is 2. The fourth-order valence-corrected chi connectivity index (χ4v) is 3.07. The molecule has 9 heteroatoms. The third-order valence-electron chi connectivity index (χ3n) is 4.31. The van der Waals surface area contributed by atoms with Gasteiger partial charge in [-0.15, -0.1) is 0 Å². The van der Waals surface area contributed by atoms with Gasteiger partial charge in [-0.1, -0.05) is 29.3 Å². The third-order valence-corrected chi connectivity index (χ3v) is 4.31. The van der Waals surface area contributed by atoms with Gasteiger partial charge in [-0.2, -0.15) is 0 Å². The zero-order chi connectivity index (χ0) is 24.5. The molecule has 0 spiro atoms. The quantitative estimate of drug-likeness (QED) is 0.560. The lowest BCUT2D eigenvalue weighted by Crippen LogP contribution is -2.46. The van der Waals surface area contributed by atoms with E-state index < -0.39 is 35.5 Å². The molecule has 1 aromatic rings. The molecule has 3 amide bonds. The summed E-state index contributed by atoms with van der Waals surface area (Å²) in [4.78, 5) is 50.5. The smallest absolute Gasteiger partial charge is 0.408 e. The van der Waals surface area contributed by atoms with E-state index in [2.05, 4.69) is 10.6 Å². The van der Waals surface area contributed by atoms with Crippen molar-refractivity contribution < 1.29 is 28.7 Å². The first kappa shape index (κ1) is 26.9. The van der Waals surface area contributed by atoms with Crippen molar-refractivity contribution in [3.05, 3.63) is 34.9 Å². The zero-order valence-electron chi connectivity index (χ0n) is 20.0. The monoisotopic (exact) mass is 449 g/mol. The number of nitrogens with zero attached hydrogens (tertiary/aromatic N) is 1. The molecule has 1 atom stereocenters. The van der Waals surface area contributed by atoms with E-state index >= 15 is 0 Å². The largest absolute Gasteiger partial charge is 0.466 e. The van der Waals surface area contributed by atoms with Gasteiger partial charge < -0.3 is 25.0 Å². The van der Waals surface area contributed by atoms with Gasteiger partial charge >= 0.3 is 12.1 Å². The Morgan fingerprint density at radius 2 is 1.62 bits per heavy atom. The molecule has 0 aromatic heterocycles. The van der Waals surface area contributed by atoms with Crippen molar-refractivity contribution in [1.82, 2.24) is 15.5 Å². The average molecular weight is 450 g/mol. The SMILES string of the molecule is CCOC(=O)CCNC(=O)C(c1cc(C)cc(C)c1)N(C)C(=O)CNC(=O)OC(C)(C)C. The first-order valence-corrected chi connectivity index (χ1v) is 10.6. The standard InChI is InChI=1S/C23H35N3O6/c1-8-31-19(28)9-10-24-21(29)20(17-12-15(2)11-16(3)13-17)26(7)18(27)14-25-22(30)32-23(4,5)6/h11-13,20H,8-10,14H2,1-7H3,(H,24,29)(H,25,30). The van der Waals surface area contributed by atoms with Gasteiger partial charge in [0, 0.05) is 13.6 Å². The molecule has 0 radical (unpaired) electrons. The fourth-order valence-electron chi connectivity index (χ4n) is 3.07. The molecular formula is C23H35N3O6. The van der Waals surface area contributed by atoms with Gasteiger partial charge in [0.25, 0.3) is 0 Å². The second-order valence-electron chi connectivity index (χ2n) is 8.53. The van der Waals surface area contributed by atoms with Crippen molar-refractivity contribution in [3.8, 4) is 0 Å². The molecule has 0 aliphatic heterocycles. The lowest BCUT2D eigenvalue weighted by molar-refractivity contribution is -0.143. The Morgan fingerprint density at radius 3 is 2.16 bits per heavy atom. The van der Waals surface area contributed by atoms with Crippen LogP contribution in [0.2, 0.25) is 0 Å². The van der Waals surface area contributed by atoms with Crippen molar-refractivity contribution >= 4 is 23.9 Å². The van der Waals surface area contributed by atoms with Crippen LogP contribution in [0.4, 0.5) is 4.79 Å². The van der Waals surface area contributed by atoms with Crippen LogP contribution in [-0.2, 0) is 23.9 Å². The molecular weight excluding hydrogens is 414 g/mol. The van der Waals surface area contributed by atoms with E-state index in [4.69, 9.17) is 9.47 Å². The molecule has 2 N–H and O–H groups in total. The van der Waals surface area contributed by atoms with Gasteiger partial charge in [0.05, 0.1) is 13.0 Å². The minimum absolute atomic E-state index is 0.0248. The van der Waals surface area contributed by atoms with Gasteiger partial charge in [0.2, 0.25) is 11.8 Å². The van der Waals surface area contributed by atoms with Crippen LogP contribution >= 0.6 is 0 Å². The average Bonchev–Trinajstić information content (AvgIpc) is 2.64. The van der Waals surface area contributed by atoms with Crippen molar-refractivity contribution in [2.45, 2.75) is 59.6 Å². The van der Waals surface area contributed by atoms with Gasteiger partial charge in [0.15, 0.2) is 0 Å². The topological polar surface area (TPSA) is 114 Å². The van der Waals surface area contributed by atoms with E-state index in [-0.39, 0.29) is 26.1 Å². The highest BCUT2D eigenvalue weighted by molar-refractivity contribution is 5.90. The molecule has 0 aliphatic rings. The Labute approximate surface area is 189 Å². The fraction of sp³-hybridized carbons (Fsp3) is 0.565. The number of carbonyl (C=O) groups is 4. The van der Waals surface area contributed by atoms with Crippen molar-refractivity contribution in [2.75, 3.05) is 26.7 Å². The molecule has 1 unspecified atom stereocenters. The van der Waals surface area contributed by atoms with Crippen LogP contribution in [0.25, 0.3) is 0 Å². The summed E-state index contributed by atoms with van der Waals surface area (Å²) in [6.07, 6.45) is -0.696. The minimum Gasteiger partial charge on any atom is -0.466 e. The first-order valence-electron chi connectivity index (χ1n) is 10.6. The molecule has 0 saturated heterocycles. The maximum atomic E-state index is 13.0. The molecule has 0 aliphatic carbocycles. The number of likely N-dealkylation sites (N-methyl/N-ethyl adjacent to an activating group) is 1. The van der Waals surface area contributed by atoms with Crippen LogP contribution in [-0.4, -0.2) is 61.1 Å². The Kier molecular flexibility index (Phi) is 10.2. The molecule has 0 saturated carbocycles. The predicted octanol–water partition coefficient (Wildman–Crippen LogP) is 2.40. The van der Waals surface area contributed by atoms with E-state index in [9.17, 15) is 19.2 Å². The number of aryl methyl sites for hydroxylation is 2. The van der Waals surface area contributed by atoms with E-state index in [0.717, 1.165) is 11.1 Å². The molecule has 1 rings (SSSR count). The molecule has 178 valence electrons. The number of benzene rings is 1. The van der Waals surface area contributed by atoms with Crippen LogP contribution in [0.15, 0.2) is 18.2 Å². The number of alkyl carbamates (subject to hydrolysis) is 1. The molecule has 0 fully saturated rings. The summed E-state index contributed by atoms with van der Waals surface area (Å²) in [5, 5.41) is 5.11. The van der Waals surface area contributed by atoms with Crippen LogP contribution in [0.5, 0.6) is 0 Å². The molecule has 0 heterocycles. The van der Waals surface area contributed by atoms with Gasteiger partial charge in [-0.25, -0.2) is 4.79 Å². The molecule has 9 nitrogen and oxygen atoms in total. The van der Waals surface area contributed by atoms with Crippen molar-refractivity contribution in [1.29, 1.82) is 0 Å². The number of esters is 1. The number of carbonyl (C=O) groups excluding carboxylic acids is 4. The predicted molar refractivity (Wildman–Crippen MR) is 120 cm³/mol. The number of hydrogen-bond acceptors (Lipinski definition) is 6. The third kappa shape index (κ3) is 9.36. The number of ether oxygens (including phenoxy) is 2. The van der Waals surface area contributed by atoms with E-state index in [1.807, 2.05) is 32.0 Å². The lowest BCUT2D eigenvalue weighted by atomic mass is 9.99. The van der Waals surface area contributed by atoms with Crippen molar-refractivity contribution in [3.63, 3.8) is 0 Å². The Hall–Kier alpha value is -3.10. The van der Waals surface area contributed by atoms with Crippen molar-refractivity contribution in [2.24, 2.45) is 0 Å². The minimum atomic E-state index is -0.941. The Bertz CT molecular complexity index is 811. The van der Waals surface area contributed by atoms with Gasteiger partial charge in [0.1, 0.15) is 18.2 Å². The highest BCUT2D eigenvalue weighted by atomic mass is 16.6. The van der Waals surface area contributed by atoms with E-state index in [1.54, 1.807) is 27.7 Å². The second kappa shape index (κ2) is 12.1. The van der Waals surface area contributed by atoms with E-state index in [1.165, 1.54) is 11.9 Å². The zero-order valence-corrected chi connectivity index (χ0v) is 20.0. The second-order valence-corrected chi connectivity index (χ2v) is 8.53. The maximum Gasteiger partial charge on any atom is 0.408 e. The highest BCUT2D eigenvalue weighted by Crippen LogP contribution is 2.23. The number of rotatable bonds is 9. The maximum absolute atomic E-state index is 13.0. The summed E-state index contributed by atoms with van der Waals surface area (Å²) in [6.45, 7) is 10.7. The van der Waals surface area contributed by atoms with Crippen LogP contribution in [0.1, 0.15) is 56.8 Å². The lowest BCUT2D eigenvalue weighted by Gasteiger charge is -2.28. The van der Waals surface area contributed by atoms with Crippen LogP contribution in [0, 0.1) is 13.8 Å². The highest BCUT2D eigenvalue weighted by Gasteiger charge is 2.29.